The summed E-state index contributed by atoms with van der Waals surface area (Å²) in [7, 11) is 0. The van der Waals surface area contributed by atoms with E-state index in [1.165, 1.54) is 11.1 Å². The van der Waals surface area contributed by atoms with E-state index in [0.717, 1.165) is 27.0 Å². The molecular weight excluding hydrogens is 420 g/mol. The van der Waals surface area contributed by atoms with E-state index in [1.807, 2.05) is 24.3 Å². The van der Waals surface area contributed by atoms with Gasteiger partial charge < -0.3 is 5.32 Å². The van der Waals surface area contributed by atoms with Crippen LogP contribution in [0.25, 0.3) is 5.57 Å². The fourth-order valence-electron chi connectivity index (χ4n) is 3.30. The second-order valence-corrected chi connectivity index (χ2v) is 7.73. The van der Waals surface area contributed by atoms with Gasteiger partial charge in [0.05, 0.1) is 11.7 Å². The van der Waals surface area contributed by atoms with Gasteiger partial charge in [0.15, 0.2) is 0 Å². The number of hydrogen-bond acceptors (Lipinski definition) is 2. The van der Waals surface area contributed by atoms with E-state index in [0.29, 0.717) is 0 Å². The molecule has 1 heterocycles. The number of rotatable bonds is 6. The highest BCUT2D eigenvalue weighted by Gasteiger charge is 2.14. The lowest BCUT2D eigenvalue weighted by atomic mass is 9.98. The molecule has 0 aliphatic heterocycles. The monoisotopic (exact) mass is 440 g/mol. The van der Waals surface area contributed by atoms with Crippen LogP contribution in [0, 0.1) is 0 Å². The highest BCUT2D eigenvalue weighted by atomic mass is 79.9. The van der Waals surface area contributed by atoms with Gasteiger partial charge in [-0.1, -0.05) is 95.3 Å². The van der Waals surface area contributed by atoms with Gasteiger partial charge in [-0.25, -0.2) is 0 Å². The third-order valence-corrected chi connectivity index (χ3v) is 5.33. The summed E-state index contributed by atoms with van der Waals surface area (Å²) in [6.07, 6.45) is 1.78. The number of pyridine rings is 1. The van der Waals surface area contributed by atoms with Gasteiger partial charge in [-0.2, -0.15) is 0 Å². The van der Waals surface area contributed by atoms with Gasteiger partial charge in [0.1, 0.15) is 0 Å². The van der Waals surface area contributed by atoms with Crippen LogP contribution in [0.1, 0.15) is 28.4 Å². The highest BCUT2D eigenvalue weighted by molar-refractivity contribution is 9.10. The van der Waals surface area contributed by atoms with Crippen molar-refractivity contribution in [3.63, 3.8) is 0 Å². The second-order valence-electron chi connectivity index (χ2n) is 6.81. The van der Waals surface area contributed by atoms with E-state index in [1.54, 1.807) is 6.20 Å². The summed E-state index contributed by atoms with van der Waals surface area (Å²) in [5.74, 6) is 0. The van der Waals surface area contributed by atoms with Crippen LogP contribution in [0.5, 0.6) is 0 Å². The second kappa shape index (κ2) is 8.89. The summed E-state index contributed by atoms with van der Waals surface area (Å²) in [6.45, 7) is 4.22. The van der Waals surface area contributed by atoms with Crippen molar-refractivity contribution in [3.05, 3.63) is 137 Å². The molecule has 0 bridgehead atoms. The summed E-state index contributed by atoms with van der Waals surface area (Å²) in [4.78, 5) is 4.42. The molecule has 0 saturated heterocycles. The van der Waals surface area contributed by atoms with Gasteiger partial charge in [0.2, 0.25) is 0 Å². The van der Waals surface area contributed by atoms with Gasteiger partial charge in [-0.3, -0.25) is 4.98 Å². The smallest absolute Gasteiger partial charge is 0.0767 e. The zero-order valence-electron chi connectivity index (χ0n) is 15.9. The van der Waals surface area contributed by atoms with Crippen LogP contribution in [0.2, 0.25) is 0 Å². The molecule has 0 amide bonds. The lowest BCUT2D eigenvalue weighted by Gasteiger charge is -2.21. The average Bonchev–Trinajstić information content (AvgIpc) is 2.78. The maximum atomic E-state index is 4.42. The largest absolute Gasteiger partial charge is 0.374 e. The number of anilines is 1. The number of hydrogen-bond donors (Lipinski definition) is 1. The quantitative estimate of drug-likeness (QED) is 0.345. The van der Waals surface area contributed by atoms with Crippen LogP contribution in [-0.2, 0) is 0 Å². The molecule has 0 saturated carbocycles. The summed E-state index contributed by atoms with van der Waals surface area (Å²) < 4.78 is 0.996. The zero-order valence-corrected chi connectivity index (χ0v) is 17.5. The van der Waals surface area contributed by atoms with Gasteiger partial charge in [0, 0.05) is 21.9 Å². The molecular formula is C26H21BrN2. The minimum atomic E-state index is 0.0817. The number of nitrogens with zero attached hydrogens (tertiary/aromatic N) is 1. The third kappa shape index (κ3) is 4.64. The van der Waals surface area contributed by atoms with E-state index in [9.17, 15) is 0 Å². The minimum Gasteiger partial charge on any atom is -0.374 e. The van der Waals surface area contributed by atoms with Crippen LogP contribution in [0.3, 0.4) is 0 Å². The van der Waals surface area contributed by atoms with E-state index in [2.05, 4.69) is 106 Å². The maximum Gasteiger partial charge on any atom is 0.0767 e. The minimum absolute atomic E-state index is 0.0817. The third-order valence-electron chi connectivity index (χ3n) is 4.84. The first-order valence-corrected chi connectivity index (χ1v) is 10.3. The van der Waals surface area contributed by atoms with Crippen molar-refractivity contribution in [2.24, 2.45) is 0 Å². The summed E-state index contributed by atoms with van der Waals surface area (Å²) in [6, 6.07) is 33.3. The van der Waals surface area contributed by atoms with E-state index >= 15 is 0 Å². The van der Waals surface area contributed by atoms with E-state index < -0.39 is 0 Å². The number of halogens is 1. The molecule has 2 nitrogen and oxygen atoms in total. The van der Waals surface area contributed by atoms with Crippen molar-refractivity contribution in [3.8, 4) is 0 Å². The Balaban J connectivity index is 1.58. The number of nitrogens with one attached hydrogen (secondary N) is 1. The van der Waals surface area contributed by atoms with Gasteiger partial charge in [-0.15, -0.1) is 0 Å². The van der Waals surface area contributed by atoms with E-state index in [4.69, 9.17) is 0 Å². The van der Waals surface area contributed by atoms with Crippen LogP contribution < -0.4 is 5.32 Å². The van der Waals surface area contributed by atoms with Crippen LogP contribution >= 0.6 is 15.9 Å². The Morgan fingerprint density at radius 1 is 0.793 bits per heavy atom. The predicted molar refractivity (Wildman–Crippen MR) is 125 cm³/mol. The normalized spacial score (nSPS) is 10.7. The summed E-state index contributed by atoms with van der Waals surface area (Å²) in [5.41, 5.74) is 6.33. The molecule has 1 aromatic heterocycles. The fourth-order valence-corrected chi connectivity index (χ4v) is 3.64. The summed E-state index contributed by atoms with van der Waals surface area (Å²) in [5, 5.41) is 3.67. The van der Waals surface area contributed by atoms with Crippen molar-refractivity contribution in [2.75, 3.05) is 5.32 Å². The van der Waals surface area contributed by atoms with Crippen molar-refractivity contribution in [2.45, 2.75) is 6.04 Å². The maximum absolute atomic E-state index is 4.42. The first-order valence-electron chi connectivity index (χ1n) is 9.48. The molecule has 29 heavy (non-hydrogen) atoms. The first-order chi connectivity index (χ1) is 14.2. The zero-order chi connectivity index (χ0) is 20.1. The highest BCUT2D eigenvalue weighted by Crippen LogP contribution is 2.28. The number of aromatic nitrogens is 1. The lowest BCUT2D eigenvalue weighted by molar-refractivity contribution is 0.939. The molecule has 0 radical (unpaired) electrons. The Bertz CT molecular complexity index is 1050. The lowest BCUT2D eigenvalue weighted by Crippen LogP contribution is -2.12. The topological polar surface area (TPSA) is 24.9 Å². The van der Waals surface area contributed by atoms with E-state index in [-0.39, 0.29) is 6.04 Å². The van der Waals surface area contributed by atoms with Crippen molar-refractivity contribution in [1.82, 2.24) is 4.98 Å². The molecule has 142 valence electrons. The first kappa shape index (κ1) is 19.2. The molecule has 1 N–H and O–H groups in total. The Morgan fingerprint density at radius 3 is 1.93 bits per heavy atom. The molecule has 0 aliphatic carbocycles. The van der Waals surface area contributed by atoms with Crippen molar-refractivity contribution in [1.29, 1.82) is 0 Å². The Kier molecular flexibility index (Phi) is 5.87. The van der Waals surface area contributed by atoms with Gasteiger partial charge >= 0.3 is 0 Å². The SMILES string of the molecule is C=C(c1ccc(NC(c2ccccc2)c2ccccc2)cc1)c1cc(Br)ccn1. The van der Waals surface area contributed by atoms with Crippen molar-refractivity contribution >= 4 is 27.2 Å². The number of benzene rings is 3. The molecule has 0 fully saturated rings. The predicted octanol–water partition coefficient (Wildman–Crippen LogP) is 7.11. The molecule has 3 aromatic carbocycles. The fraction of sp³-hybridized carbons (Fsp3) is 0.0385. The molecule has 4 rings (SSSR count). The van der Waals surface area contributed by atoms with Gasteiger partial charge in [0.25, 0.3) is 0 Å². The molecule has 0 spiro atoms. The van der Waals surface area contributed by atoms with Gasteiger partial charge in [-0.05, 0) is 41.0 Å². The van der Waals surface area contributed by atoms with Crippen LogP contribution in [0.15, 0.2) is 114 Å². The van der Waals surface area contributed by atoms with Crippen LogP contribution in [0.4, 0.5) is 5.69 Å². The molecule has 3 heteroatoms. The summed E-state index contributed by atoms with van der Waals surface area (Å²) >= 11 is 3.49. The van der Waals surface area contributed by atoms with Crippen molar-refractivity contribution < 1.29 is 0 Å². The molecule has 0 atom stereocenters. The molecule has 0 aliphatic rings. The van der Waals surface area contributed by atoms with Crippen LogP contribution in [-0.4, -0.2) is 4.98 Å². The Hall–Kier alpha value is -3.17. The Morgan fingerprint density at radius 2 is 1.38 bits per heavy atom. The average molecular weight is 441 g/mol. The molecule has 4 aromatic rings. The standard InChI is InChI=1S/C26H21BrN2/c1-19(25-18-23(27)16-17-28-25)20-12-14-24(15-13-20)29-26(21-8-4-2-5-9-21)22-10-6-3-7-11-22/h2-18,26,29H,1H2. The Labute approximate surface area is 180 Å². The molecule has 0 unspecified atom stereocenters.